The molecule has 1 aromatic heterocycles. The number of hydrogen-bond acceptors (Lipinski definition) is 3. The molecule has 0 aliphatic heterocycles. The maximum atomic E-state index is 11.9. The molecule has 21 heavy (non-hydrogen) atoms. The van der Waals surface area contributed by atoms with Crippen LogP contribution in [0.2, 0.25) is 5.02 Å². The third kappa shape index (κ3) is 3.74. The van der Waals surface area contributed by atoms with Crippen molar-refractivity contribution in [2.75, 3.05) is 5.32 Å². The van der Waals surface area contributed by atoms with Gasteiger partial charge in [0.15, 0.2) is 0 Å². The summed E-state index contributed by atoms with van der Waals surface area (Å²) in [5.41, 5.74) is 0.861. The minimum atomic E-state index is -1.08. The molecule has 1 heterocycles. The van der Waals surface area contributed by atoms with Crippen LogP contribution in [0.4, 0.5) is 9.80 Å². The summed E-state index contributed by atoms with van der Waals surface area (Å²) in [6, 6.07) is 7.87. The summed E-state index contributed by atoms with van der Waals surface area (Å²) in [6.45, 7) is 1.80. The maximum absolute atomic E-state index is 11.9. The zero-order valence-electron chi connectivity index (χ0n) is 11.1. The molecule has 1 aromatic carbocycles. The topological polar surface area (TPSA) is 78.4 Å². The van der Waals surface area contributed by atoms with Crippen LogP contribution < -0.4 is 10.6 Å². The number of benzene rings is 1. The lowest BCUT2D eigenvalue weighted by Crippen LogP contribution is -2.31. The van der Waals surface area contributed by atoms with Crippen molar-refractivity contribution in [3.63, 3.8) is 0 Å². The Hall–Kier alpha value is -2.05. The highest BCUT2D eigenvalue weighted by molar-refractivity contribution is 7.14. The van der Waals surface area contributed by atoms with Gasteiger partial charge in [-0.25, -0.2) is 9.59 Å². The molecule has 2 amide bonds. The molecule has 2 aromatic rings. The fourth-order valence-corrected chi connectivity index (χ4v) is 2.89. The number of urea groups is 1. The van der Waals surface area contributed by atoms with E-state index in [1.54, 1.807) is 18.4 Å². The lowest BCUT2D eigenvalue weighted by atomic mass is 10.1. The standard InChI is InChI=1S/C14H13ClN2O3S/c1-8(9-4-2-3-5-11(9)15)16-14(20)17-12-10(13(18)19)6-7-21-12/h2-8H,1H3,(H,18,19)(H2,16,17,20)/t8-/m0/s1. The summed E-state index contributed by atoms with van der Waals surface area (Å²) in [5, 5.41) is 16.7. The minimum absolute atomic E-state index is 0.0700. The van der Waals surface area contributed by atoms with Crippen molar-refractivity contribution in [3.05, 3.63) is 51.9 Å². The van der Waals surface area contributed by atoms with Crippen molar-refractivity contribution in [2.24, 2.45) is 0 Å². The molecule has 0 spiro atoms. The van der Waals surface area contributed by atoms with Crippen molar-refractivity contribution in [1.82, 2.24) is 5.32 Å². The summed E-state index contributed by atoms with van der Waals surface area (Å²) in [4.78, 5) is 22.9. The van der Waals surface area contributed by atoms with Gasteiger partial charge in [0.1, 0.15) is 5.00 Å². The molecule has 0 saturated heterocycles. The van der Waals surface area contributed by atoms with Crippen LogP contribution in [0.25, 0.3) is 0 Å². The highest BCUT2D eigenvalue weighted by atomic mass is 35.5. The quantitative estimate of drug-likeness (QED) is 0.796. The summed E-state index contributed by atoms with van der Waals surface area (Å²) in [6.07, 6.45) is 0. The predicted molar refractivity (Wildman–Crippen MR) is 83.3 cm³/mol. The van der Waals surface area contributed by atoms with Gasteiger partial charge in [-0.15, -0.1) is 11.3 Å². The molecule has 110 valence electrons. The normalized spacial score (nSPS) is 11.7. The SMILES string of the molecule is C[C@H](NC(=O)Nc1sccc1C(=O)O)c1ccccc1Cl. The van der Waals surface area contributed by atoms with E-state index in [0.29, 0.717) is 10.0 Å². The Balaban J connectivity index is 2.03. The lowest BCUT2D eigenvalue weighted by Gasteiger charge is -2.16. The molecule has 7 heteroatoms. The van der Waals surface area contributed by atoms with Crippen molar-refractivity contribution < 1.29 is 14.7 Å². The summed E-state index contributed by atoms with van der Waals surface area (Å²) >= 11 is 7.22. The van der Waals surface area contributed by atoms with Gasteiger partial charge < -0.3 is 10.4 Å². The van der Waals surface area contributed by atoms with E-state index >= 15 is 0 Å². The number of carbonyl (C=O) groups excluding carboxylic acids is 1. The van der Waals surface area contributed by atoms with Gasteiger partial charge in [0.25, 0.3) is 0 Å². The monoisotopic (exact) mass is 324 g/mol. The third-order valence-electron chi connectivity index (χ3n) is 2.84. The average Bonchev–Trinajstić information content (AvgIpc) is 2.87. The molecule has 2 rings (SSSR count). The van der Waals surface area contributed by atoms with E-state index in [1.165, 1.54) is 6.07 Å². The zero-order valence-corrected chi connectivity index (χ0v) is 12.7. The van der Waals surface area contributed by atoms with E-state index in [2.05, 4.69) is 10.6 Å². The molecule has 3 N–H and O–H groups in total. The van der Waals surface area contributed by atoms with Crippen molar-refractivity contribution >= 4 is 39.9 Å². The highest BCUT2D eigenvalue weighted by Gasteiger charge is 2.16. The molecule has 0 radical (unpaired) electrons. The summed E-state index contributed by atoms with van der Waals surface area (Å²) in [5.74, 6) is -1.08. The molecule has 0 bridgehead atoms. The van der Waals surface area contributed by atoms with E-state index in [9.17, 15) is 9.59 Å². The predicted octanol–water partition coefficient (Wildman–Crippen LogP) is 3.98. The number of rotatable bonds is 4. The van der Waals surface area contributed by atoms with Gasteiger partial charge in [-0.3, -0.25) is 5.32 Å². The van der Waals surface area contributed by atoms with Gasteiger partial charge in [0, 0.05) is 5.02 Å². The lowest BCUT2D eigenvalue weighted by molar-refractivity contribution is 0.0698. The number of aromatic carboxylic acids is 1. The number of thiophene rings is 1. The Morgan fingerprint density at radius 1 is 1.29 bits per heavy atom. The van der Waals surface area contributed by atoms with E-state index in [0.717, 1.165) is 16.9 Å². The van der Waals surface area contributed by atoms with Gasteiger partial charge >= 0.3 is 12.0 Å². The molecule has 0 fully saturated rings. The van der Waals surface area contributed by atoms with Crippen molar-refractivity contribution in [2.45, 2.75) is 13.0 Å². The summed E-state index contributed by atoms with van der Waals surface area (Å²) in [7, 11) is 0. The fraction of sp³-hybridized carbons (Fsp3) is 0.143. The van der Waals surface area contributed by atoms with Crippen LogP contribution in [0.1, 0.15) is 28.9 Å². The first-order valence-electron chi connectivity index (χ1n) is 6.11. The van der Waals surface area contributed by atoms with Gasteiger partial charge in [-0.1, -0.05) is 29.8 Å². The van der Waals surface area contributed by atoms with Gasteiger partial charge in [-0.2, -0.15) is 0 Å². The van der Waals surface area contributed by atoms with Crippen molar-refractivity contribution in [3.8, 4) is 0 Å². The summed E-state index contributed by atoms with van der Waals surface area (Å²) < 4.78 is 0. The molecule has 1 atom stereocenters. The number of carbonyl (C=O) groups is 2. The highest BCUT2D eigenvalue weighted by Crippen LogP contribution is 2.24. The molecule has 0 aliphatic carbocycles. The van der Waals surface area contributed by atoms with Crippen LogP contribution >= 0.6 is 22.9 Å². The molecule has 5 nitrogen and oxygen atoms in total. The minimum Gasteiger partial charge on any atom is -0.478 e. The first-order chi connectivity index (χ1) is 9.99. The van der Waals surface area contributed by atoms with Crippen LogP contribution in [0.3, 0.4) is 0 Å². The number of carboxylic acid groups (broad SMARTS) is 1. The molecule has 0 saturated carbocycles. The number of hydrogen-bond donors (Lipinski definition) is 3. The Bertz CT molecular complexity index is 672. The number of anilines is 1. The van der Waals surface area contributed by atoms with E-state index in [4.69, 9.17) is 16.7 Å². The van der Waals surface area contributed by atoms with Crippen LogP contribution in [0.15, 0.2) is 35.7 Å². The van der Waals surface area contributed by atoms with Gasteiger partial charge in [-0.05, 0) is 30.0 Å². The largest absolute Gasteiger partial charge is 0.478 e. The molecule has 0 aliphatic rings. The molecule has 0 unspecified atom stereocenters. The van der Waals surface area contributed by atoms with Gasteiger partial charge in [0.2, 0.25) is 0 Å². The van der Waals surface area contributed by atoms with Crippen LogP contribution in [-0.2, 0) is 0 Å². The number of amides is 2. The van der Waals surface area contributed by atoms with Crippen LogP contribution in [0, 0.1) is 0 Å². The van der Waals surface area contributed by atoms with E-state index < -0.39 is 12.0 Å². The Labute approximate surface area is 130 Å². The Kier molecular flexibility index (Phi) is 4.82. The Morgan fingerprint density at radius 2 is 2.00 bits per heavy atom. The second-order valence-electron chi connectivity index (χ2n) is 4.31. The van der Waals surface area contributed by atoms with E-state index in [-0.39, 0.29) is 11.6 Å². The second kappa shape index (κ2) is 6.60. The fourth-order valence-electron chi connectivity index (χ4n) is 1.81. The molecular formula is C14H13ClN2O3S. The average molecular weight is 325 g/mol. The first kappa shape index (κ1) is 15.3. The zero-order chi connectivity index (χ0) is 15.4. The number of nitrogens with one attached hydrogen (secondary N) is 2. The number of carboxylic acids is 1. The number of halogens is 1. The second-order valence-corrected chi connectivity index (χ2v) is 5.63. The molecular weight excluding hydrogens is 312 g/mol. The first-order valence-corrected chi connectivity index (χ1v) is 7.37. The smallest absolute Gasteiger partial charge is 0.338 e. The third-order valence-corrected chi connectivity index (χ3v) is 4.02. The van der Waals surface area contributed by atoms with Crippen molar-refractivity contribution in [1.29, 1.82) is 0 Å². The van der Waals surface area contributed by atoms with Crippen LogP contribution in [-0.4, -0.2) is 17.1 Å². The Morgan fingerprint density at radius 3 is 2.67 bits per heavy atom. The van der Waals surface area contributed by atoms with E-state index in [1.807, 2.05) is 18.2 Å². The maximum Gasteiger partial charge on any atom is 0.338 e. The van der Waals surface area contributed by atoms with Gasteiger partial charge in [0.05, 0.1) is 11.6 Å². The van der Waals surface area contributed by atoms with Crippen LogP contribution in [0.5, 0.6) is 0 Å².